The SMILES string of the molecule is COC(=O)C(/C=C\c1ccccc1)C(C(=O)O)C(=O)OC. The second-order valence-corrected chi connectivity index (χ2v) is 4.16. The maximum Gasteiger partial charge on any atom is 0.321 e. The van der Waals surface area contributed by atoms with Gasteiger partial charge >= 0.3 is 17.9 Å². The topological polar surface area (TPSA) is 89.9 Å². The molecular formula is C15H16O6. The van der Waals surface area contributed by atoms with Crippen molar-refractivity contribution >= 4 is 24.0 Å². The zero-order valence-corrected chi connectivity index (χ0v) is 11.7. The molecule has 0 saturated carbocycles. The van der Waals surface area contributed by atoms with E-state index in [0.29, 0.717) is 0 Å². The van der Waals surface area contributed by atoms with Crippen LogP contribution in [0.15, 0.2) is 36.4 Å². The highest BCUT2D eigenvalue weighted by Gasteiger charge is 2.39. The molecule has 2 atom stereocenters. The number of carboxylic acids is 1. The molecule has 1 rings (SSSR count). The molecule has 0 bridgehead atoms. The lowest BCUT2D eigenvalue weighted by atomic mass is 9.91. The summed E-state index contributed by atoms with van der Waals surface area (Å²) >= 11 is 0. The standard InChI is InChI=1S/C15H16O6/c1-20-14(18)11(12(13(16)17)15(19)21-2)9-8-10-6-4-3-5-7-10/h3-9,11-12H,1-2H3,(H,16,17)/b9-8-. The van der Waals surface area contributed by atoms with Crippen LogP contribution in [0.4, 0.5) is 0 Å². The first-order valence-corrected chi connectivity index (χ1v) is 6.13. The lowest BCUT2D eigenvalue weighted by Gasteiger charge is -2.16. The molecule has 0 heterocycles. The quantitative estimate of drug-likeness (QED) is 0.629. The molecule has 0 saturated heterocycles. The molecule has 6 nitrogen and oxygen atoms in total. The zero-order valence-electron chi connectivity index (χ0n) is 11.7. The molecule has 0 aliphatic heterocycles. The van der Waals surface area contributed by atoms with E-state index in [4.69, 9.17) is 5.11 Å². The number of carbonyl (C=O) groups is 3. The fourth-order valence-electron chi connectivity index (χ4n) is 1.77. The Labute approximate surface area is 122 Å². The summed E-state index contributed by atoms with van der Waals surface area (Å²) in [6.45, 7) is 0. The van der Waals surface area contributed by atoms with E-state index in [0.717, 1.165) is 19.8 Å². The molecule has 1 N–H and O–H groups in total. The number of methoxy groups -OCH3 is 2. The summed E-state index contributed by atoms with van der Waals surface area (Å²) in [5.41, 5.74) is 0.764. The molecule has 0 aliphatic rings. The Hall–Kier alpha value is -2.63. The Bertz CT molecular complexity index is 534. The number of carboxylic acid groups (broad SMARTS) is 1. The third-order valence-corrected chi connectivity index (χ3v) is 2.85. The molecule has 0 aromatic heterocycles. The first kappa shape index (κ1) is 16.4. The van der Waals surface area contributed by atoms with Crippen molar-refractivity contribution in [1.82, 2.24) is 0 Å². The van der Waals surface area contributed by atoms with E-state index in [1.807, 2.05) is 6.07 Å². The van der Waals surface area contributed by atoms with Gasteiger partial charge in [-0.25, -0.2) is 0 Å². The zero-order chi connectivity index (χ0) is 15.8. The maximum atomic E-state index is 11.8. The maximum absolute atomic E-state index is 11.8. The molecule has 0 amide bonds. The summed E-state index contributed by atoms with van der Waals surface area (Å²) in [5.74, 6) is -6.19. The first-order valence-electron chi connectivity index (χ1n) is 6.13. The van der Waals surface area contributed by atoms with Gasteiger partial charge in [0.25, 0.3) is 0 Å². The Kier molecular flexibility index (Phi) is 6.13. The monoisotopic (exact) mass is 292 g/mol. The van der Waals surface area contributed by atoms with E-state index in [1.165, 1.54) is 6.08 Å². The van der Waals surface area contributed by atoms with Crippen molar-refractivity contribution in [1.29, 1.82) is 0 Å². The minimum atomic E-state index is -1.65. The molecule has 112 valence electrons. The van der Waals surface area contributed by atoms with Crippen LogP contribution in [0.25, 0.3) is 6.08 Å². The van der Waals surface area contributed by atoms with Gasteiger partial charge in [0.15, 0.2) is 5.92 Å². The number of esters is 2. The van der Waals surface area contributed by atoms with E-state index in [1.54, 1.807) is 30.3 Å². The molecule has 21 heavy (non-hydrogen) atoms. The fourth-order valence-corrected chi connectivity index (χ4v) is 1.77. The number of rotatable bonds is 6. The van der Waals surface area contributed by atoms with Gasteiger partial charge in [-0.05, 0) is 5.56 Å². The summed E-state index contributed by atoms with van der Waals surface area (Å²) < 4.78 is 9.01. The first-order chi connectivity index (χ1) is 10.0. The van der Waals surface area contributed by atoms with Crippen molar-refractivity contribution in [2.45, 2.75) is 0 Å². The van der Waals surface area contributed by atoms with Crippen LogP contribution in [0.3, 0.4) is 0 Å². The lowest BCUT2D eigenvalue weighted by Crippen LogP contribution is -2.36. The molecule has 0 radical (unpaired) electrons. The van der Waals surface area contributed by atoms with Gasteiger partial charge in [-0.1, -0.05) is 42.5 Å². The highest BCUT2D eigenvalue weighted by Crippen LogP contribution is 2.19. The van der Waals surface area contributed by atoms with Crippen LogP contribution >= 0.6 is 0 Å². The van der Waals surface area contributed by atoms with Gasteiger partial charge in [0.05, 0.1) is 20.1 Å². The second kappa shape index (κ2) is 7.84. The summed E-state index contributed by atoms with van der Waals surface area (Å²) in [7, 11) is 2.19. The van der Waals surface area contributed by atoms with Crippen LogP contribution in [0.1, 0.15) is 5.56 Å². The Balaban J connectivity index is 3.10. The Morgan fingerprint density at radius 2 is 1.62 bits per heavy atom. The van der Waals surface area contributed by atoms with Gasteiger partial charge in [0, 0.05) is 0 Å². The molecule has 0 spiro atoms. The van der Waals surface area contributed by atoms with E-state index in [9.17, 15) is 14.4 Å². The fraction of sp³-hybridized carbons (Fsp3) is 0.267. The van der Waals surface area contributed by atoms with Crippen LogP contribution in [0.5, 0.6) is 0 Å². The van der Waals surface area contributed by atoms with Crippen molar-refractivity contribution in [3.05, 3.63) is 42.0 Å². The van der Waals surface area contributed by atoms with E-state index >= 15 is 0 Å². The number of carbonyl (C=O) groups excluding carboxylic acids is 2. The number of benzene rings is 1. The highest BCUT2D eigenvalue weighted by atomic mass is 16.5. The van der Waals surface area contributed by atoms with Crippen molar-refractivity contribution in [3.8, 4) is 0 Å². The molecular weight excluding hydrogens is 276 g/mol. The highest BCUT2D eigenvalue weighted by molar-refractivity contribution is 5.99. The summed E-state index contributed by atoms with van der Waals surface area (Å²) in [4.78, 5) is 34.6. The molecule has 2 unspecified atom stereocenters. The molecule has 6 heteroatoms. The molecule has 1 aromatic rings. The largest absolute Gasteiger partial charge is 0.481 e. The van der Waals surface area contributed by atoms with Gasteiger partial charge in [-0.2, -0.15) is 0 Å². The predicted molar refractivity (Wildman–Crippen MR) is 74.1 cm³/mol. The lowest BCUT2D eigenvalue weighted by molar-refractivity contribution is -0.165. The number of ether oxygens (including phenoxy) is 2. The summed E-state index contributed by atoms with van der Waals surface area (Å²) in [6.07, 6.45) is 2.89. The van der Waals surface area contributed by atoms with E-state index in [2.05, 4.69) is 9.47 Å². The minimum absolute atomic E-state index is 0.764. The van der Waals surface area contributed by atoms with Crippen molar-refractivity contribution < 1.29 is 29.0 Å². The van der Waals surface area contributed by atoms with Gasteiger partial charge in [0.2, 0.25) is 0 Å². The van der Waals surface area contributed by atoms with Gasteiger partial charge in [-0.15, -0.1) is 0 Å². The van der Waals surface area contributed by atoms with Gasteiger partial charge < -0.3 is 14.6 Å². The Morgan fingerprint density at radius 1 is 1.05 bits per heavy atom. The van der Waals surface area contributed by atoms with Gasteiger partial charge in [0.1, 0.15) is 0 Å². The second-order valence-electron chi connectivity index (χ2n) is 4.16. The average Bonchev–Trinajstić information content (AvgIpc) is 2.50. The summed E-state index contributed by atoms with van der Waals surface area (Å²) in [6, 6.07) is 8.96. The van der Waals surface area contributed by atoms with Crippen LogP contribution in [-0.2, 0) is 23.9 Å². The van der Waals surface area contributed by atoms with Crippen molar-refractivity contribution in [2.75, 3.05) is 14.2 Å². The van der Waals surface area contributed by atoms with Crippen LogP contribution in [-0.4, -0.2) is 37.2 Å². The van der Waals surface area contributed by atoms with E-state index in [-0.39, 0.29) is 0 Å². The molecule has 1 aromatic carbocycles. The molecule has 0 aliphatic carbocycles. The van der Waals surface area contributed by atoms with Gasteiger partial charge in [-0.3, -0.25) is 14.4 Å². The third kappa shape index (κ3) is 4.45. The normalized spacial score (nSPS) is 13.4. The third-order valence-electron chi connectivity index (χ3n) is 2.85. The van der Waals surface area contributed by atoms with Crippen molar-refractivity contribution in [2.24, 2.45) is 11.8 Å². The molecule has 0 fully saturated rings. The number of hydrogen-bond donors (Lipinski definition) is 1. The minimum Gasteiger partial charge on any atom is -0.481 e. The van der Waals surface area contributed by atoms with Crippen LogP contribution in [0, 0.1) is 11.8 Å². The van der Waals surface area contributed by atoms with Crippen LogP contribution in [0.2, 0.25) is 0 Å². The van der Waals surface area contributed by atoms with E-state index < -0.39 is 29.7 Å². The number of hydrogen-bond acceptors (Lipinski definition) is 5. The number of aliphatic carboxylic acids is 1. The average molecular weight is 292 g/mol. The van der Waals surface area contributed by atoms with Crippen molar-refractivity contribution in [3.63, 3.8) is 0 Å². The summed E-state index contributed by atoms with van der Waals surface area (Å²) in [5, 5.41) is 9.14. The Morgan fingerprint density at radius 3 is 2.10 bits per heavy atom. The smallest absolute Gasteiger partial charge is 0.321 e. The predicted octanol–water partition coefficient (Wildman–Crippen LogP) is 1.36. The van der Waals surface area contributed by atoms with Crippen LogP contribution < -0.4 is 0 Å².